The lowest BCUT2D eigenvalue weighted by Gasteiger charge is -2.16. The number of pyridine rings is 1. The number of amides is 2. The fourth-order valence-corrected chi connectivity index (χ4v) is 1.79. The van der Waals surface area contributed by atoms with E-state index in [-0.39, 0.29) is 5.92 Å². The van der Waals surface area contributed by atoms with Crippen LogP contribution in [0.15, 0.2) is 23.9 Å². The van der Waals surface area contributed by atoms with E-state index in [0.29, 0.717) is 17.7 Å². The molecular formula is C14H19N3O2. The zero-order valence-electron chi connectivity index (χ0n) is 11.4. The lowest BCUT2D eigenvalue weighted by molar-refractivity contribution is -0.114. The first-order chi connectivity index (χ1) is 9.02. The Kier molecular flexibility index (Phi) is 5.23. The molecule has 3 N–H and O–H groups in total. The SMILES string of the molecule is CCC(C)c1ncccc1/C(NC=O)=C(\C)C(N)=O. The third kappa shape index (κ3) is 3.40. The molecule has 0 fully saturated rings. The second-order valence-corrected chi connectivity index (χ2v) is 4.37. The first-order valence-electron chi connectivity index (χ1n) is 6.19. The third-order valence-electron chi connectivity index (χ3n) is 3.13. The van der Waals surface area contributed by atoms with Gasteiger partial charge < -0.3 is 11.1 Å². The Bertz CT molecular complexity index is 509. The predicted octanol–water partition coefficient (Wildman–Crippen LogP) is 1.56. The number of aromatic nitrogens is 1. The highest BCUT2D eigenvalue weighted by molar-refractivity contribution is 6.00. The van der Waals surface area contributed by atoms with E-state index in [0.717, 1.165) is 17.7 Å². The van der Waals surface area contributed by atoms with Gasteiger partial charge in [0.2, 0.25) is 12.3 Å². The molecular weight excluding hydrogens is 242 g/mol. The number of nitrogens with zero attached hydrogens (tertiary/aromatic N) is 1. The second-order valence-electron chi connectivity index (χ2n) is 4.37. The molecule has 0 aromatic carbocycles. The minimum atomic E-state index is -0.566. The normalized spacial score (nSPS) is 13.4. The minimum absolute atomic E-state index is 0.223. The van der Waals surface area contributed by atoms with Gasteiger partial charge in [0, 0.05) is 17.3 Å². The van der Waals surface area contributed by atoms with Gasteiger partial charge in [0.25, 0.3) is 0 Å². The number of carbonyl (C=O) groups is 2. The molecule has 0 saturated heterocycles. The van der Waals surface area contributed by atoms with Crippen molar-refractivity contribution in [1.29, 1.82) is 0 Å². The summed E-state index contributed by atoms with van der Waals surface area (Å²) in [7, 11) is 0. The van der Waals surface area contributed by atoms with Crippen molar-refractivity contribution < 1.29 is 9.59 Å². The maximum absolute atomic E-state index is 11.3. The Hall–Kier alpha value is -2.17. The van der Waals surface area contributed by atoms with E-state index in [2.05, 4.69) is 17.2 Å². The van der Waals surface area contributed by atoms with Crippen LogP contribution in [0.3, 0.4) is 0 Å². The molecule has 2 amide bonds. The van der Waals surface area contributed by atoms with Gasteiger partial charge in [-0.15, -0.1) is 0 Å². The number of carbonyl (C=O) groups excluding carboxylic acids is 2. The fourth-order valence-electron chi connectivity index (χ4n) is 1.79. The van der Waals surface area contributed by atoms with Crippen LogP contribution >= 0.6 is 0 Å². The maximum atomic E-state index is 11.3. The van der Waals surface area contributed by atoms with Crippen molar-refractivity contribution in [3.8, 4) is 0 Å². The molecule has 102 valence electrons. The van der Waals surface area contributed by atoms with Crippen molar-refractivity contribution in [1.82, 2.24) is 10.3 Å². The van der Waals surface area contributed by atoms with Crippen LogP contribution < -0.4 is 11.1 Å². The van der Waals surface area contributed by atoms with Gasteiger partial charge in [-0.25, -0.2) is 0 Å². The molecule has 1 rings (SSSR count). The first-order valence-corrected chi connectivity index (χ1v) is 6.19. The van der Waals surface area contributed by atoms with Crippen LogP contribution in [-0.4, -0.2) is 17.3 Å². The molecule has 0 aliphatic heterocycles. The highest BCUT2D eigenvalue weighted by Crippen LogP contribution is 2.26. The summed E-state index contributed by atoms with van der Waals surface area (Å²) >= 11 is 0. The molecule has 0 bridgehead atoms. The molecule has 19 heavy (non-hydrogen) atoms. The largest absolute Gasteiger partial charge is 0.366 e. The van der Waals surface area contributed by atoms with Crippen molar-refractivity contribution in [3.05, 3.63) is 35.2 Å². The molecule has 1 heterocycles. The Morgan fingerprint density at radius 2 is 2.26 bits per heavy atom. The number of primary amides is 1. The number of rotatable bonds is 6. The molecule has 0 aliphatic carbocycles. The number of nitrogens with two attached hydrogens (primary N) is 1. The molecule has 1 aromatic rings. The molecule has 5 nitrogen and oxygen atoms in total. The fraction of sp³-hybridized carbons (Fsp3) is 0.357. The Balaban J connectivity index is 3.43. The van der Waals surface area contributed by atoms with Crippen molar-refractivity contribution in [3.63, 3.8) is 0 Å². The topological polar surface area (TPSA) is 85.1 Å². The summed E-state index contributed by atoms with van der Waals surface area (Å²) in [6, 6.07) is 3.59. The van der Waals surface area contributed by atoms with Gasteiger partial charge in [0.15, 0.2) is 0 Å². The highest BCUT2D eigenvalue weighted by Gasteiger charge is 2.17. The zero-order chi connectivity index (χ0) is 14.4. The van der Waals surface area contributed by atoms with E-state index >= 15 is 0 Å². The highest BCUT2D eigenvalue weighted by atomic mass is 16.1. The van der Waals surface area contributed by atoms with Crippen LogP contribution in [0.5, 0.6) is 0 Å². The molecule has 0 radical (unpaired) electrons. The number of hydrogen-bond donors (Lipinski definition) is 2. The summed E-state index contributed by atoms with van der Waals surface area (Å²) in [5, 5.41) is 2.56. The standard InChI is InChI=1S/C14H19N3O2/c1-4-9(2)12-11(6-5-7-16-12)13(17-8-18)10(3)14(15)19/h5-9H,4H2,1-3H3,(H2,15,19)(H,17,18)/b13-10-. The summed E-state index contributed by atoms with van der Waals surface area (Å²) in [6.07, 6.45) is 3.15. The van der Waals surface area contributed by atoms with E-state index in [9.17, 15) is 9.59 Å². The first kappa shape index (κ1) is 14.9. The molecule has 1 atom stereocenters. The predicted molar refractivity (Wildman–Crippen MR) is 73.9 cm³/mol. The van der Waals surface area contributed by atoms with E-state index in [1.165, 1.54) is 0 Å². The van der Waals surface area contributed by atoms with E-state index in [1.807, 2.05) is 13.0 Å². The summed E-state index contributed by atoms with van der Waals surface area (Å²) in [4.78, 5) is 26.4. The minimum Gasteiger partial charge on any atom is -0.366 e. The number of nitrogens with one attached hydrogen (secondary N) is 1. The summed E-state index contributed by atoms with van der Waals surface area (Å²) in [6.45, 7) is 5.69. The smallest absolute Gasteiger partial charge is 0.246 e. The summed E-state index contributed by atoms with van der Waals surface area (Å²) in [5.41, 5.74) is 7.60. The van der Waals surface area contributed by atoms with E-state index < -0.39 is 5.91 Å². The average molecular weight is 261 g/mol. The van der Waals surface area contributed by atoms with Gasteiger partial charge >= 0.3 is 0 Å². The van der Waals surface area contributed by atoms with Crippen molar-refractivity contribution in [2.24, 2.45) is 5.73 Å². The van der Waals surface area contributed by atoms with Crippen LogP contribution in [0.4, 0.5) is 0 Å². The summed E-state index contributed by atoms with van der Waals surface area (Å²) in [5.74, 6) is -0.344. The van der Waals surface area contributed by atoms with Gasteiger partial charge in [-0.2, -0.15) is 0 Å². The lowest BCUT2D eigenvalue weighted by atomic mass is 9.96. The average Bonchev–Trinajstić information content (AvgIpc) is 2.43. The Labute approximate surface area is 112 Å². The van der Waals surface area contributed by atoms with Crippen LogP contribution in [0, 0.1) is 0 Å². The molecule has 0 saturated carbocycles. The lowest BCUT2D eigenvalue weighted by Crippen LogP contribution is -2.21. The van der Waals surface area contributed by atoms with Crippen LogP contribution in [-0.2, 0) is 9.59 Å². The van der Waals surface area contributed by atoms with Crippen molar-refractivity contribution >= 4 is 18.0 Å². The summed E-state index contributed by atoms with van der Waals surface area (Å²) < 4.78 is 0. The molecule has 1 unspecified atom stereocenters. The maximum Gasteiger partial charge on any atom is 0.246 e. The monoisotopic (exact) mass is 261 g/mol. The Morgan fingerprint density at radius 1 is 1.58 bits per heavy atom. The van der Waals surface area contributed by atoms with Gasteiger partial charge in [-0.3, -0.25) is 14.6 Å². The van der Waals surface area contributed by atoms with Gasteiger partial charge in [-0.05, 0) is 31.4 Å². The Morgan fingerprint density at radius 3 is 2.79 bits per heavy atom. The van der Waals surface area contributed by atoms with Gasteiger partial charge in [-0.1, -0.05) is 13.8 Å². The molecule has 0 spiro atoms. The second kappa shape index (κ2) is 6.68. The van der Waals surface area contributed by atoms with Crippen LogP contribution in [0.1, 0.15) is 44.4 Å². The number of hydrogen-bond acceptors (Lipinski definition) is 3. The third-order valence-corrected chi connectivity index (χ3v) is 3.13. The quantitative estimate of drug-likeness (QED) is 0.602. The molecule has 5 heteroatoms. The van der Waals surface area contributed by atoms with Gasteiger partial charge in [0.1, 0.15) is 0 Å². The zero-order valence-corrected chi connectivity index (χ0v) is 11.4. The molecule has 0 aliphatic rings. The molecule has 1 aromatic heterocycles. The van der Waals surface area contributed by atoms with Crippen molar-refractivity contribution in [2.45, 2.75) is 33.1 Å². The van der Waals surface area contributed by atoms with E-state index in [4.69, 9.17) is 5.73 Å². The van der Waals surface area contributed by atoms with Crippen LogP contribution in [0.2, 0.25) is 0 Å². The van der Waals surface area contributed by atoms with Crippen molar-refractivity contribution in [2.75, 3.05) is 0 Å². The van der Waals surface area contributed by atoms with Crippen LogP contribution in [0.25, 0.3) is 5.70 Å². The van der Waals surface area contributed by atoms with Gasteiger partial charge in [0.05, 0.1) is 11.4 Å². The van der Waals surface area contributed by atoms with E-state index in [1.54, 1.807) is 19.2 Å².